The van der Waals surface area contributed by atoms with Gasteiger partial charge in [0.25, 0.3) is 0 Å². The van der Waals surface area contributed by atoms with Gasteiger partial charge in [-0.15, -0.1) is 12.8 Å². The summed E-state index contributed by atoms with van der Waals surface area (Å²) in [5, 5.41) is 0. The van der Waals surface area contributed by atoms with Crippen molar-refractivity contribution in [1.29, 1.82) is 0 Å². The number of terminal acetylenes is 2. The van der Waals surface area contributed by atoms with E-state index in [0.29, 0.717) is 32.8 Å². The summed E-state index contributed by atoms with van der Waals surface area (Å²) >= 11 is 0. The van der Waals surface area contributed by atoms with Gasteiger partial charge >= 0.3 is 0 Å². The third-order valence-corrected chi connectivity index (χ3v) is 1.04. The Bertz CT molecular complexity index is 244. The zero-order chi connectivity index (χ0) is 9.78. The molecule has 0 atom stereocenters. The first-order valence-electron chi connectivity index (χ1n) is 3.90. The van der Waals surface area contributed by atoms with Crippen molar-refractivity contribution in [2.45, 2.75) is 6.42 Å². The maximum atomic E-state index is 5.00. The van der Waals surface area contributed by atoms with E-state index in [-0.39, 0.29) is 0 Å². The minimum Gasteiger partial charge on any atom is -0.368 e. The monoisotopic (exact) mass is 176 g/mol. The first kappa shape index (κ1) is 11.6. The molecule has 0 heterocycles. The Morgan fingerprint density at radius 3 is 2.23 bits per heavy atom. The zero-order valence-corrected chi connectivity index (χ0v) is 7.51. The first-order valence-corrected chi connectivity index (χ1v) is 3.90. The lowest BCUT2D eigenvalue weighted by molar-refractivity contribution is 0.173. The number of rotatable bonds is 5. The highest BCUT2D eigenvalue weighted by molar-refractivity contribution is 4.99. The van der Waals surface area contributed by atoms with Crippen LogP contribution in [0.5, 0.6) is 0 Å². The van der Waals surface area contributed by atoms with Crippen molar-refractivity contribution in [3.63, 3.8) is 0 Å². The Labute approximate surface area is 79.6 Å². The van der Waals surface area contributed by atoms with E-state index in [2.05, 4.69) is 23.7 Å². The summed E-state index contributed by atoms with van der Waals surface area (Å²) in [5.41, 5.74) is 0. The SMILES string of the molecule is C#CCOCC#CCCOCC#C. The van der Waals surface area contributed by atoms with Gasteiger partial charge in [-0.1, -0.05) is 23.7 Å². The van der Waals surface area contributed by atoms with Crippen molar-refractivity contribution in [2.75, 3.05) is 26.4 Å². The molecule has 0 bridgehead atoms. The average Bonchev–Trinajstić information content (AvgIpc) is 2.16. The molecule has 2 heteroatoms. The Kier molecular flexibility index (Phi) is 9.46. The minimum absolute atomic E-state index is 0.308. The average molecular weight is 176 g/mol. The molecule has 0 fully saturated rings. The Morgan fingerprint density at radius 2 is 1.54 bits per heavy atom. The second-order valence-electron chi connectivity index (χ2n) is 2.06. The molecule has 0 saturated carbocycles. The van der Waals surface area contributed by atoms with E-state index in [0.717, 1.165) is 0 Å². The lowest BCUT2D eigenvalue weighted by atomic mass is 10.4. The Hall–Kier alpha value is -1.40. The molecule has 0 aromatic carbocycles. The molecule has 0 saturated heterocycles. The second-order valence-corrected chi connectivity index (χ2v) is 2.06. The van der Waals surface area contributed by atoms with E-state index in [1.807, 2.05) is 0 Å². The molecular weight excluding hydrogens is 164 g/mol. The van der Waals surface area contributed by atoms with Crippen LogP contribution in [0.2, 0.25) is 0 Å². The largest absolute Gasteiger partial charge is 0.368 e. The lowest BCUT2D eigenvalue weighted by Crippen LogP contribution is -1.93. The van der Waals surface area contributed by atoms with E-state index < -0.39 is 0 Å². The molecule has 0 N–H and O–H groups in total. The van der Waals surface area contributed by atoms with Crippen LogP contribution in [0.3, 0.4) is 0 Å². The van der Waals surface area contributed by atoms with Crippen LogP contribution in [-0.2, 0) is 9.47 Å². The summed E-state index contributed by atoms with van der Waals surface area (Å²) in [7, 11) is 0. The van der Waals surface area contributed by atoms with Gasteiger partial charge in [0.1, 0.15) is 19.8 Å². The van der Waals surface area contributed by atoms with Crippen LogP contribution in [0.4, 0.5) is 0 Å². The summed E-state index contributed by atoms with van der Waals surface area (Å²) in [6, 6.07) is 0. The fourth-order valence-corrected chi connectivity index (χ4v) is 0.555. The second kappa shape index (κ2) is 10.6. The van der Waals surface area contributed by atoms with Crippen LogP contribution in [0.25, 0.3) is 0 Å². The van der Waals surface area contributed by atoms with Crippen LogP contribution in [0.1, 0.15) is 6.42 Å². The summed E-state index contributed by atoms with van der Waals surface area (Å²) in [5.74, 6) is 10.4. The minimum atomic E-state index is 0.308. The van der Waals surface area contributed by atoms with Crippen molar-refractivity contribution in [2.24, 2.45) is 0 Å². The van der Waals surface area contributed by atoms with Crippen LogP contribution in [0.15, 0.2) is 0 Å². The highest BCUT2D eigenvalue weighted by atomic mass is 16.5. The molecule has 0 aliphatic rings. The summed E-state index contributed by atoms with van der Waals surface area (Å²) in [6.07, 6.45) is 10.6. The molecule has 68 valence electrons. The molecule has 0 spiro atoms. The predicted octanol–water partition coefficient (Wildman–Crippen LogP) is 0.679. The highest BCUT2D eigenvalue weighted by Gasteiger charge is 1.80. The summed E-state index contributed by atoms with van der Waals surface area (Å²) in [6.45, 7) is 1.59. The van der Waals surface area contributed by atoms with Crippen molar-refractivity contribution in [3.8, 4) is 36.5 Å². The van der Waals surface area contributed by atoms with Crippen LogP contribution >= 0.6 is 0 Å². The standard InChI is InChI=1S/C11H12O2/c1-3-8-12-10-6-5-7-11-13-9-4-2/h1-2H,6,8-11H2. The number of ether oxygens (including phenoxy) is 2. The molecule has 0 amide bonds. The van der Waals surface area contributed by atoms with Gasteiger partial charge in [0.2, 0.25) is 0 Å². The molecule has 2 nitrogen and oxygen atoms in total. The Balaban J connectivity index is 3.13. The third kappa shape index (κ3) is 10.6. The van der Waals surface area contributed by atoms with Crippen molar-refractivity contribution < 1.29 is 9.47 Å². The normalized spacial score (nSPS) is 7.85. The molecule has 0 aromatic heterocycles. The van der Waals surface area contributed by atoms with Gasteiger partial charge in [0.05, 0.1) is 6.61 Å². The molecule has 0 rings (SSSR count). The van der Waals surface area contributed by atoms with Crippen molar-refractivity contribution in [1.82, 2.24) is 0 Å². The molecule has 0 unspecified atom stereocenters. The van der Waals surface area contributed by atoms with Gasteiger partial charge in [-0.05, 0) is 0 Å². The van der Waals surface area contributed by atoms with E-state index in [1.54, 1.807) is 0 Å². The van der Waals surface area contributed by atoms with Crippen LogP contribution in [0, 0.1) is 36.5 Å². The zero-order valence-electron chi connectivity index (χ0n) is 7.51. The maximum absolute atomic E-state index is 5.00. The van der Waals surface area contributed by atoms with E-state index in [4.69, 9.17) is 22.3 Å². The number of hydrogen-bond acceptors (Lipinski definition) is 2. The van der Waals surface area contributed by atoms with Crippen molar-refractivity contribution in [3.05, 3.63) is 0 Å². The van der Waals surface area contributed by atoms with Crippen molar-refractivity contribution >= 4 is 0 Å². The quantitative estimate of drug-likeness (QED) is 0.453. The van der Waals surface area contributed by atoms with Gasteiger partial charge in [-0.2, -0.15) is 0 Å². The molecule has 0 aliphatic heterocycles. The smallest absolute Gasteiger partial charge is 0.109 e. The fourth-order valence-electron chi connectivity index (χ4n) is 0.555. The third-order valence-electron chi connectivity index (χ3n) is 1.04. The Morgan fingerprint density at radius 1 is 0.846 bits per heavy atom. The molecular formula is C11H12O2. The van der Waals surface area contributed by atoms with Gasteiger partial charge in [-0.25, -0.2) is 0 Å². The van der Waals surface area contributed by atoms with Gasteiger partial charge in [0, 0.05) is 6.42 Å². The maximum Gasteiger partial charge on any atom is 0.109 e. The van der Waals surface area contributed by atoms with Crippen LogP contribution in [-0.4, -0.2) is 26.4 Å². The van der Waals surface area contributed by atoms with Gasteiger partial charge in [0.15, 0.2) is 0 Å². The molecule has 13 heavy (non-hydrogen) atoms. The summed E-state index contributed by atoms with van der Waals surface area (Å²) in [4.78, 5) is 0. The first-order chi connectivity index (χ1) is 6.41. The highest BCUT2D eigenvalue weighted by Crippen LogP contribution is 1.79. The number of hydrogen-bond donors (Lipinski definition) is 0. The molecule has 0 aliphatic carbocycles. The van der Waals surface area contributed by atoms with Gasteiger partial charge in [-0.3, -0.25) is 0 Å². The topological polar surface area (TPSA) is 18.5 Å². The van der Waals surface area contributed by atoms with E-state index >= 15 is 0 Å². The predicted molar refractivity (Wildman–Crippen MR) is 51.7 cm³/mol. The fraction of sp³-hybridized carbons (Fsp3) is 0.455. The van der Waals surface area contributed by atoms with E-state index in [9.17, 15) is 0 Å². The molecule has 0 radical (unpaired) electrons. The van der Waals surface area contributed by atoms with E-state index in [1.165, 1.54) is 0 Å². The molecule has 0 aromatic rings. The summed E-state index contributed by atoms with van der Waals surface area (Å²) < 4.78 is 9.93. The van der Waals surface area contributed by atoms with Gasteiger partial charge < -0.3 is 9.47 Å². The lowest BCUT2D eigenvalue weighted by Gasteiger charge is -1.92. The van der Waals surface area contributed by atoms with Crippen LogP contribution < -0.4 is 0 Å².